The Balaban J connectivity index is 2.28. The van der Waals surface area contributed by atoms with Gasteiger partial charge >= 0.3 is 0 Å². The van der Waals surface area contributed by atoms with E-state index in [9.17, 15) is 0 Å². The molecule has 0 unspecified atom stereocenters. The molecule has 0 amide bonds. The molecule has 0 radical (unpaired) electrons. The third kappa shape index (κ3) is 4.62. The van der Waals surface area contributed by atoms with Crippen LogP contribution < -0.4 is 10.1 Å². The summed E-state index contributed by atoms with van der Waals surface area (Å²) in [5, 5.41) is 4.70. The van der Waals surface area contributed by atoms with Crippen molar-refractivity contribution < 1.29 is 4.74 Å². The number of hydrogen-bond acceptors (Lipinski definition) is 2. The summed E-state index contributed by atoms with van der Waals surface area (Å²) in [6, 6.07) is 11.4. The standard InChI is InChI=1S/C16H16BrCl2NO/c1-10(2)20-9-12-14(19)4-3-5-15(12)21-16-7-6-11(18)8-13(16)17/h3-8,10,20H,9H2,1-2H3. The van der Waals surface area contributed by atoms with Gasteiger partial charge in [-0.1, -0.05) is 43.1 Å². The summed E-state index contributed by atoms with van der Waals surface area (Å²) in [7, 11) is 0. The highest BCUT2D eigenvalue weighted by Crippen LogP contribution is 2.35. The Kier molecular flexibility index (Phi) is 5.94. The largest absolute Gasteiger partial charge is 0.456 e. The van der Waals surface area contributed by atoms with Crippen LogP contribution >= 0.6 is 39.1 Å². The average molecular weight is 389 g/mol. The first-order chi connectivity index (χ1) is 9.97. The van der Waals surface area contributed by atoms with E-state index in [1.54, 1.807) is 12.1 Å². The molecule has 2 aromatic rings. The predicted molar refractivity (Wildman–Crippen MR) is 92.7 cm³/mol. The molecule has 21 heavy (non-hydrogen) atoms. The van der Waals surface area contributed by atoms with Crippen LogP contribution in [-0.4, -0.2) is 6.04 Å². The van der Waals surface area contributed by atoms with E-state index in [0.29, 0.717) is 28.4 Å². The van der Waals surface area contributed by atoms with Crippen LogP contribution in [0.25, 0.3) is 0 Å². The van der Waals surface area contributed by atoms with Gasteiger partial charge in [0, 0.05) is 28.2 Å². The van der Waals surface area contributed by atoms with Gasteiger partial charge in [0.1, 0.15) is 11.5 Å². The van der Waals surface area contributed by atoms with Crippen LogP contribution in [0.5, 0.6) is 11.5 Å². The topological polar surface area (TPSA) is 21.3 Å². The van der Waals surface area contributed by atoms with Crippen LogP contribution in [0.3, 0.4) is 0 Å². The first-order valence-corrected chi connectivity index (χ1v) is 8.16. The second-order valence-corrected chi connectivity index (χ2v) is 6.63. The van der Waals surface area contributed by atoms with Gasteiger partial charge in [-0.05, 0) is 46.3 Å². The molecule has 0 aliphatic heterocycles. The van der Waals surface area contributed by atoms with Crippen LogP contribution in [-0.2, 0) is 6.54 Å². The van der Waals surface area contributed by atoms with Gasteiger partial charge in [-0.15, -0.1) is 0 Å². The van der Waals surface area contributed by atoms with Crippen LogP contribution in [0, 0.1) is 0 Å². The second-order valence-electron chi connectivity index (χ2n) is 4.93. The molecule has 112 valence electrons. The van der Waals surface area contributed by atoms with E-state index in [2.05, 4.69) is 35.1 Å². The minimum atomic E-state index is 0.372. The Morgan fingerprint density at radius 2 is 1.90 bits per heavy atom. The fourth-order valence-electron chi connectivity index (χ4n) is 1.79. The Labute approximate surface area is 143 Å². The SMILES string of the molecule is CC(C)NCc1c(Cl)cccc1Oc1ccc(Cl)cc1Br. The molecule has 0 atom stereocenters. The normalized spacial score (nSPS) is 11.0. The van der Waals surface area contributed by atoms with Gasteiger partial charge in [-0.2, -0.15) is 0 Å². The Morgan fingerprint density at radius 3 is 2.57 bits per heavy atom. The highest BCUT2D eigenvalue weighted by molar-refractivity contribution is 9.10. The van der Waals surface area contributed by atoms with E-state index in [4.69, 9.17) is 27.9 Å². The number of ether oxygens (including phenoxy) is 1. The van der Waals surface area contributed by atoms with Gasteiger partial charge in [-0.3, -0.25) is 0 Å². The zero-order valence-electron chi connectivity index (χ0n) is 11.8. The van der Waals surface area contributed by atoms with E-state index in [1.807, 2.05) is 24.3 Å². The van der Waals surface area contributed by atoms with Crippen LogP contribution in [0.1, 0.15) is 19.4 Å². The summed E-state index contributed by atoms with van der Waals surface area (Å²) in [6.45, 7) is 4.83. The third-order valence-electron chi connectivity index (χ3n) is 2.88. The lowest BCUT2D eigenvalue weighted by molar-refractivity contribution is 0.467. The molecule has 2 rings (SSSR count). The molecule has 0 bridgehead atoms. The molecule has 0 saturated carbocycles. The molecular formula is C16H16BrCl2NO. The Morgan fingerprint density at radius 1 is 1.14 bits per heavy atom. The maximum atomic E-state index is 6.29. The number of rotatable bonds is 5. The van der Waals surface area contributed by atoms with E-state index < -0.39 is 0 Å². The maximum absolute atomic E-state index is 6.29. The second kappa shape index (κ2) is 7.50. The predicted octanol–water partition coefficient (Wildman–Crippen LogP) is 6.05. The number of halogens is 3. The molecule has 2 aromatic carbocycles. The van der Waals surface area contributed by atoms with Crippen molar-refractivity contribution in [2.24, 2.45) is 0 Å². The quantitative estimate of drug-likeness (QED) is 0.673. The van der Waals surface area contributed by atoms with Gasteiger partial charge in [0.25, 0.3) is 0 Å². The molecule has 5 heteroatoms. The van der Waals surface area contributed by atoms with Crippen molar-refractivity contribution in [3.63, 3.8) is 0 Å². The maximum Gasteiger partial charge on any atom is 0.141 e. The minimum Gasteiger partial charge on any atom is -0.456 e. The van der Waals surface area contributed by atoms with Crippen molar-refractivity contribution in [3.05, 3.63) is 56.5 Å². The van der Waals surface area contributed by atoms with Crippen molar-refractivity contribution in [2.45, 2.75) is 26.4 Å². The smallest absolute Gasteiger partial charge is 0.141 e. The van der Waals surface area contributed by atoms with Gasteiger partial charge < -0.3 is 10.1 Å². The first-order valence-electron chi connectivity index (χ1n) is 6.61. The van der Waals surface area contributed by atoms with Gasteiger partial charge in [-0.25, -0.2) is 0 Å². The average Bonchev–Trinajstić information content (AvgIpc) is 2.41. The van der Waals surface area contributed by atoms with E-state index in [-0.39, 0.29) is 0 Å². The molecule has 0 aliphatic rings. The van der Waals surface area contributed by atoms with Crippen molar-refractivity contribution in [2.75, 3.05) is 0 Å². The van der Waals surface area contributed by atoms with E-state index >= 15 is 0 Å². The summed E-state index contributed by atoms with van der Waals surface area (Å²) in [5.41, 5.74) is 0.940. The molecular weight excluding hydrogens is 373 g/mol. The van der Waals surface area contributed by atoms with Crippen LogP contribution in [0.2, 0.25) is 10.0 Å². The zero-order chi connectivity index (χ0) is 15.4. The summed E-state index contributed by atoms with van der Waals surface area (Å²) in [5.74, 6) is 1.44. The van der Waals surface area contributed by atoms with E-state index in [0.717, 1.165) is 15.8 Å². The molecule has 0 saturated heterocycles. The van der Waals surface area contributed by atoms with Crippen molar-refractivity contribution in [1.29, 1.82) is 0 Å². The van der Waals surface area contributed by atoms with Gasteiger partial charge in [0.05, 0.1) is 4.47 Å². The molecule has 0 spiro atoms. The fraction of sp³-hybridized carbons (Fsp3) is 0.250. The minimum absolute atomic E-state index is 0.372. The summed E-state index contributed by atoms with van der Waals surface area (Å²) in [6.07, 6.45) is 0. The number of hydrogen-bond donors (Lipinski definition) is 1. The summed E-state index contributed by atoms with van der Waals surface area (Å²) in [4.78, 5) is 0. The van der Waals surface area contributed by atoms with Crippen LogP contribution in [0.15, 0.2) is 40.9 Å². The lowest BCUT2D eigenvalue weighted by Gasteiger charge is -2.15. The Bertz CT molecular complexity index is 632. The molecule has 0 aromatic heterocycles. The summed E-state index contributed by atoms with van der Waals surface area (Å²) < 4.78 is 6.78. The van der Waals surface area contributed by atoms with Crippen molar-refractivity contribution in [1.82, 2.24) is 5.32 Å². The zero-order valence-corrected chi connectivity index (χ0v) is 14.9. The molecule has 0 heterocycles. The van der Waals surface area contributed by atoms with Crippen molar-refractivity contribution in [3.8, 4) is 11.5 Å². The van der Waals surface area contributed by atoms with Gasteiger partial charge in [0.2, 0.25) is 0 Å². The molecule has 1 N–H and O–H groups in total. The lowest BCUT2D eigenvalue weighted by atomic mass is 10.2. The number of nitrogens with one attached hydrogen (secondary N) is 1. The van der Waals surface area contributed by atoms with E-state index in [1.165, 1.54) is 0 Å². The monoisotopic (exact) mass is 387 g/mol. The fourth-order valence-corrected chi connectivity index (χ4v) is 2.78. The third-order valence-corrected chi connectivity index (χ3v) is 4.09. The highest BCUT2D eigenvalue weighted by atomic mass is 79.9. The Hall–Kier alpha value is -0.740. The molecule has 0 fully saturated rings. The molecule has 0 aliphatic carbocycles. The van der Waals surface area contributed by atoms with Crippen LogP contribution in [0.4, 0.5) is 0 Å². The number of benzene rings is 2. The van der Waals surface area contributed by atoms with Gasteiger partial charge in [0.15, 0.2) is 0 Å². The highest BCUT2D eigenvalue weighted by Gasteiger charge is 2.11. The molecule has 2 nitrogen and oxygen atoms in total. The van der Waals surface area contributed by atoms with Crippen molar-refractivity contribution >= 4 is 39.1 Å². The summed E-state index contributed by atoms with van der Waals surface area (Å²) >= 11 is 15.7. The lowest BCUT2D eigenvalue weighted by Crippen LogP contribution is -2.22. The first kappa shape index (κ1) is 16.6.